The molecule has 0 radical (unpaired) electrons. The number of amides is 1. The maximum atomic E-state index is 12.9. The van der Waals surface area contributed by atoms with Crippen molar-refractivity contribution in [2.45, 2.75) is 52.2 Å². The van der Waals surface area contributed by atoms with Gasteiger partial charge in [-0.2, -0.15) is 0 Å². The molecule has 3 heterocycles. The molecule has 0 aliphatic carbocycles. The standard InChI is InChI=1S/C24H28ClN3O2S/c1-3-4-11-28-16(2)19(23(29)26-14-17-8-7-12-30-17)13-22(28)21-15-31-24(27-21)18-9-5-6-10-20(18)25/h5-6,9-10,13,15,17H,3-4,7-8,11-12,14H2,1-2H3,(H,26,29). The van der Waals surface area contributed by atoms with Gasteiger partial charge in [-0.25, -0.2) is 4.98 Å². The van der Waals surface area contributed by atoms with Crippen LogP contribution in [-0.4, -0.2) is 34.7 Å². The third-order valence-corrected chi connectivity index (χ3v) is 6.94. The number of nitrogens with zero attached hydrogens (tertiary/aromatic N) is 2. The molecule has 1 saturated heterocycles. The van der Waals surface area contributed by atoms with Crippen molar-refractivity contribution >= 4 is 28.8 Å². The first-order valence-electron chi connectivity index (χ1n) is 10.9. The number of benzene rings is 1. The summed E-state index contributed by atoms with van der Waals surface area (Å²) in [6, 6.07) is 9.72. The minimum absolute atomic E-state index is 0.0499. The Morgan fingerprint density at radius 1 is 1.39 bits per heavy atom. The fourth-order valence-electron chi connectivity index (χ4n) is 3.95. The normalized spacial score (nSPS) is 16.0. The molecule has 4 rings (SSSR count). The predicted molar refractivity (Wildman–Crippen MR) is 127 cm³/mol. The van der Waals surface area contributed by atoms with E-state index in [1.165, 1.54) is 0 Å². The molecule has 1 N–H and O–H groups in total. The van der Waals surface area contributed by atoms with Crippen LogP contribution in [0.5, 0.6) is 0 Å². The Morgan fingerprint density at radius 2 is 2.23 bits per heavy atom. The van der Waals surface area contributed by atoms with Gasteiger partial charge in [0.05, 0.1) is 28.1 Å². The van der Waals surface area contributed by atoms with E-state index in [9.17, 15) is 4.79 Å². The summed E-state index contributed by atoms with van der Waals surface area (Å²) in [5.74, 6) is -0.0499. The molecule has 1 amide bonds. The SMILES string of the molecule is CCCCn1c(-c2csc(-c3ccccc3Cl)n2)cc(C(=O)NCC2CCCO2)c1C. The van der Waals surface area contributed by atoms with Crippen LogP contribution >= 0.6 is 22.9 Å². The number of halogens is 1. The Morgan fingerprint density at radius 3 is 2.97 bits per heavy atom. The number of carbonyl (C=O) groups excluding carboxylic acids is 1. The smallest absolute Gasteiger partial charge is 0.253 e. The molecule has 1 aromatic carbocycles. The summed E-state index contributed by atoms with van der Waals surface area (Å²) in [5.41, 5.74) is 4.45. The third kappa shape index (κ3) is 4.86. The van der Waals surface area contributed by atoms with E-state index < -0.39 is 0 Å². The summed E-state index contributed by atoms with van der Waals surface area (Å²) >= 11 is 7.94. The first-order valence-corrected chi connectivity index (χ1v) is 12.1. The number of nitrogens with one attached hydrogen (secondary N) is 1. The van der Waals surface area contributed by atoms with Crippen molar-refractivity contribution in [1.29, 1.82) is 0 Å². The lowest BCUT2D eigenvalue weighted by atomic mass is 10.2. The minimum Gasteiger partial charge on any atom is -0.376 e. The van der Waals surface area contributed by atoms with Crippen LogP contribution in [0, 0.1) is 6.92 Å². The number of thiazole rings is 1. The van der Waals surface area contributed by atoms with Gasteiger partial charge in [-0.3, -0.25) is 4.79 Å². The summed E-state index contributed by atoms with van der Waals surface area (Å²) in [5, 5.41) is 6.67. The minimum atomic E-state index is -0.0499. The highest BCUT2D eigenvalue weighted by Crippen LogP contribution is 2.34. The van der Waals surface area contributed by atoms with Crippen molar-refractivity contribution in [2.24, 2.45) is 0 Å². The Balaban J connectivity index is 1.63. The maximum absolute atomic E-state index is 12.9. The molecule has 3 aromatic rings. The molecular formula is C24H28ClN3O2S. The Hall–Kier alpha value is -2.15. The van der Waals surface area contributed by atoms with Crippen molar-refractivity contribution < 1.29 is 9.53 Å². The molecule has 1 aliphatic rings. The Bertz CT molecular complexity index is 1050. The van der Waals surface area contributed by atoms with Gasteiger partial charge in [-0.05, 0) is 38.3 Å². The molecule has 1 atom stereocenters. The number of ether oxygens (including phenoxy) is 1. The van der Waals surface area contributed by atoms with Crippen molar-refractivity contribution in [1.82, 2.24) is 14.9 Å². The monoisotopic (exact) mass is 457 g/mol. The zero-order valence-corrected chi connectivity index (χ0v) is 19.6. The van der Waals surface area contributed by atoms with Crippen molar-refractivity contribution in [2.75, 3.05) is 13.2 Å². The van der Waals surface area contributed by atoms with E-state index in [1.807, 2.05) is 42.6 Å². The summed E-state index contributed by atoms with van der Waals surface area (Å²) < 4.78 is 7.85. The highest BCUT2D eigenvalue weighted by atomic mass is 35.5. The molecule has 2 aromatic heterocycles. The first-order chi connectivity index (χ1) is 15.1. The zero-order valence-electron chi connectivity index (χ0n) is 18.0. The Kier molecular flexibility index (Phi) is 7.10. The van der Waals surface area contributed by atoms with Gasteiger partial charge >= 0.3 is 0 Å². The second-order valence-corrected chi connectivity index (χ2v) is 9.16. The van der Waals surface area contributed by atoms with Crippen molar-refractivity contribution in [3.05, 3.63) is 52.0 Å². The number of hydrogen-bond donors (Lipinski definition) is 1. The molecule has 0 saturated carbocycles. The lowest BCUT2D eigenvalue weighted by Crippen LogP contribution is -2.32. The van der Waals surface area contributed by atoms with Gasteiger partial charge < -0.3 is 14.6 Å². The van der Waals surface area contributed by atoms with Crippen LogP contribution in [0.25, 0.3) is 22.0 Å². The van der Waals surface area contributed by atoms with E-state index in [0.29, 0.717) is 17.1 Å². The third-order valence-electron chi connectivity index (χ3n) is 5.73. The van der Waals surface area contributed by atoms with Crippen LogP contribution in [0.3, 0.4) is 0 Å². The topological polar surface area (TPSA) is 56.2 Å². The average Bonchev–Trinajstić information content (AvgIpc) is 3.51. The van der Waals surface area contributed by atoms with Crippen molar-refractivity contribution in [3.63, 3.8) is 0 Å². The van der Waals surface area contributed by atoms with Gasteiger partial charge in [0.1, 0.15) is 5.01 Å². The second-order valence-electron chi connectivity index (χ2n) is 7.90. The lowest BCUT2D eigenvalue weighted by molar-refractivity contribution is 0.0857. The quantitative estimate of drug-likeness (QED) is 0.454. The first kappa shape index (κ1) is 22.1. The van der Waals surface area contributed by atoms with E-state index in [4.69, 9.17) is 21.3 Å². The predicted octanol–water partition coefficient (Wildman–Crippen LogP) is 5.95. The fraction of sp³-hybridized carbons (Fsp3) is 0.417. The van der Waals surface area contributed by atoms with Crippen LogP contribution in [0.15, 0.2) is 35.7 Å². The average molecular weight is 458 g/mol. The zero-order chi connectivity index (χ0) is 21.8. The highest BCUT2D eigenvalue weighted by Gasteiger charge is 2.22. The van der Waals surface area contributed by atoms with Crippen LogP contribution in [0.1, 0.15) is 48.7 Å². The number of unbranched alkanes of at least 4 members (excludes halogenated alkanes) is 1. The second kappa shape index (κ2) is 9.98. The van der Waals surface area contributed by atoms with Gasteiger partial charge in [0.2, 0.25) is 0 Å². The largest absolute Gasteiger partial charge is 0.376 e. The molecule has 1 aliphatic heterocycles. The molecule has 1 fully saturated rings. The van der Waals surface area contributed by atoms with Gasteiger partial charge in [-0.1, -0.05) is 43.1 Å². The summed E-state index contributed by atoms with van der Waals surface area (Å²) in [4.78, 5) is 17.8. The molecule has 7 heteroatoms. The number of rotatable bonds is 8. The van der Waals surface area contributed by atoms with E-state index in [-0.39, 0.29) is 12.0 Å². The molecular weight excluding hydrogens is 430 g/mol. The summed E-state index contributed by atoms with van der Waals surface area (Å²) in [6.45, 7) is 6.39. The van der Waals surface area contributed by atoms with Gasteiger partial charge in [-0.15, -0.1) is 11.3 Å². The van der Waals surface area contributed by atoms with Gasteiger partial charge in [0.25, 0.3) is 5.91 Å². The van der Waals surface area contributed by atoms with E-state index in [2.05, 4.69) is 16.8 Å². The van der Waals surface area contributed by atoms with Crippen LogP contribution in [-0.2, 0) is 11.3 Å². The molecule has 164 valence electrons. The molecule has 0 spiro atoms. The highest BCUT2D eigenvalue weighted by molar-refractivity contribution is 7.13. The van der Waals surface area contributed by atoms with Crippen LogP contribution < -0.4 is 5.32 Å². The van der Waals surface area contributed by atoms with E-state index in [0.717, 1.165) is 66.5 Å². The van der Waals surface area contributed by atoms with Gasteiger partial charge in [0.15, 0.2) is 0 Å². The lowest BCUT2D eigenvalue weighted by Gasteiger charge is -2.12. The molecule has 5 nitrogen and oxygen atoms in total. The number of carbonyl (C=O) groups is 1. The number of aromatic nitrogens is 2. The van der Waals surface area contributed by atoms with Crippen LogP contribution in [0.2, 0.25) is 5.02 Å². The molecule has 31 heavy (non-hydrogen) atoms. The Labute approximate surface area is 192 Å². The summed E-state index contributed by atoms with van der Waals surface area (Å²) in [7, 11) is 0. The van der Waals surface area contributed by atoms with E-state index in [1.54, 1.807) is 11.3 Å². The van der Waals surface area contributed by atoms with Crippen molar-refractivity contribution in [3.8, 4) is 22.0 Å². The fourth-order valence-corrected chi connectivity index (χ4v) is 5.08. The van der Waals surface area contributed by atoms with Crippen LogP contribution in [0.4, 0.5) is 0 Å². The number of hydrogen-bond acceptors (Lipinski definition) is 4. The van der Waals surface area contributed by atoms with E-state index >= 15 is 0 Å². The maximum Gasteiger partial charge on any atom is 0.253 e. The van der Waals surface area contributed by atoms with Gasteiger partial charge in [0, 0.05) is 36.3 Å². The molecule has 0 bridgehead atoms. The summed E-state index contributed by atoms with van der Waals surface area (Å²) in [6.07, 6.45) is 4.32. The molecule has 1 unspecified atom stereocenters.